The fourth-order valence-corrected chi connectivity index (χ4v) is 3.29. The zero-order chi connectivity index (χ0) is 18.2. The second-order valence-corrected chi connectivity index (χ2v) is 6.51. The summed E-state index contributed by atoms with van der Waals surface area (Å²) in [6, 6.07) is 17.6. The second-order valence-electron chi connectivity index (χ2n) is 6.51. The number of nitrogens with zero attached hydrogens (tertiary/aromatic N) is 1. The monoisotopic (exact) mass is 354 g/mol. The first kappa shape index (κ1) is 18.4. The lowest BCUT2D eigenvalue weighted by Gasteiger charge is -2.35. The van der Waals surface area contributed by atoms with Gasteiger partial charge in [0.05, 0.1) is 19.3 Å². The van der Waals surface area contributed by atoms with E-state index in [0.717, 1.165) is 31.9 Å². The maximum atomic E-state index is 12.3. The van der Waals surface area contributed by atoms with Crippen molar-refractivity contribution in [1.82, 2.24) is 10.2 Å². The summed E-state index contributed by atoms with van der Waals surface area (Å²) in [5, 5.41) is 12.9. The number of ether oxygens (including phenoxy) is 1. The molecule has 1 aliphatic heterocycles. The number of phenols is 1. The molecule has 1 aliphatic rings. The highest BCUT2D eigenvalue weighted by molar-refractivity contribution is 5.76. The Kier molecular flexibility index (Phi) is 6.63. The van der Waals surface area contributed by atoms with Crippen LogP contribution in [0.15, 0.2) is 54.6 Å². The maximum Gasteiger partial charge on any atom is 0.220 e. The Balaban J connectivity index is 1.56. The van der Waals surface area contributed by atoms with E-state index in [4.69, 9.17) is 4.74 Å². The number of phenolic OH excluding ortho intramolecular Hbond substituents is 1. The van der Waals surface area contributed by atoms with E-state index in [9.17, 15) is 9.90 Å². The molecule has 2 aromatic carbocycles. The molecule has 1 unspecified atom stereocenters. The predicted octanol–water partition coefficient (Wildman–Crippen LogP) is 2.51. The Morgan fingerprint density at radius 1 is 1.08 bits per heavy atom. The first-order valence-electron chi connectivity index (χ1n) is 9.14. The number of aryl methyl sites for hydroxylation is 1. The molecule has 0 aliphatic carbocycles. The van der Waals surface area contributed by atoms with Crippen LogP contribution in [0.2, 0.25) is 0 Å². The van der Waals surface area contributed by atoms with Gasteiger partial charge in [0.25, 0.3) is 0 Å². The minimum absolute atomic E-state index is 0.00226. The summed E-state index contributed by atoms with van der Waals surface area (Å²) in [5.74, 6) is 0.248. The molecule has 1 atom stereocenters. The van der Waals surface area contributed by atoms with Crippen molar-refractivity contribution in [2.24, 2.45) is 0 Å². The van der Waals surface area contributed by atoms with E-state index < -0.39 is 0 Å². The van der Waals surface area contributed by atoms with Crippen molar-refractivity contribution in [1.29, 1.82) is 0 Å². The van der Waals surface area contributed by atoms with Gasteiger partial charge in [-0.15, -0.1) is 0 Å². The van der Waals surface area contributed by atoms with Crippen molar-refractivity contribution < 1.29 is 14.6 Å². The van der Waals surface area contributed by atoms with Crippen LogP contribution in [0.25, 0.3) is 0 Å². The summed E-state index contributed by atoms with van der Waals surface area (Å²) in [7, 11) is 0. The van der Waals surface area contributed by atoms with Crippen LogP contribution in [-0.2, 0) is 16.0 Å². The van der Waals surface area contributed by atoms with Crippen LogP contribution >= 0.6 is 0 Å². The van der Waals surface area contributed by atoms with Crippen LogP contribution in [0.3, 0.4) is 0 Å². The molecule has 0 saturated carbocycles. The number of hydrogen-bond donors (Lipinski definition) is 2. The van der Waals surface area contributed by atoms with E-state index in [1.54, 1.807) is 12.1 Å². The lowest BCUT2D eigenvalue weighted by Crippen LogP contribution is -2.43. The predicted molar refractivity (Wildman–Crippen MR) is 101 cm³/mol. The van der Waals surface area contributed by atoms with Gasteiger partial charge in [0.1, 0.15) is 5.75 Å². The van der Waals surface area contributed by atoms with Crippen LogP contribution in [0.1, 0.15) is 23.6 Å². The van der Waals surface area contributed by atoms with Gasteiger partial charge in [-0.05, 0) is 23.6 Å². The number of amides is 1. The van der Waals surface area contributed by atoms with Gasteiger partial charge < -0.3 is 15.2 Å². The molecular weight excluding hydrogens is 328 g/mol. The first-order valence-corrected chi connectivity index (χ1v) is 9.14. The molecule has 5 heteroatoms. The lowest BCUT2D eigenvalue weighted by molar-refractivity contribution is -0.121. The molecule has 2 N–H and O–H groups in total. The van der Waals surface area contributed by atoms with Crippen LogP contribution in [-0.4, -0.2) is 48.8 Å². The molecule has 26 heavy (non-hydrogen) atoms. The molecule has 0 bridgehead atoms. The van der Waals surface area contributed by atoms with Crippen LogP contribution < -0.4 is 5.32 Å². The van der Waals surface area contributed by atoms with E-state index in [-0.39, 0.29) is 17.7 Å². The minimum atomic E-state index is 0.00226. The zero-order valence-electron chi connectivity index (χ0n) is 14.9. The molecular formula is C21H26N2O3. The van der Waals surface area contributed by atoms with Gasteiger partial charge in [0.15, 0.2) is 0 Å². The van der Waals surface area contributed by atoms with Crippen molar-refractivity contribution in [3.8, 4) is 5.75 Å². The van der Waals surface area contributed by atoms with Gasteiger partial charge in [0.2, 0.25) is 5.91 Å². The fourth-order valence-electron chi connectivity index (χ4n) is 3.29. The summed E-state index contributed by atoms with van der Waals surface area (Å²) in [6.07, 6.45) is 0.897. The van der Waals surface area contributed by atoms with Crippen molar-refractivity contribution in [3.63, 3.8) is 0 Å². The van der Waals surface area contributed by atoms with Crippen molar-refractivity contribution in [2.45, 2.75) is 18.9 Å². The average Bonchev–Trinajstić information content (AvgIpc) is 2.69. The number of aromatic hydroxyl groups is 1. The molecule has 3 rings (SSSR count). The van der Waals surface area contributed by atoms with E-state index in [0.29, 0.717) is 19.4 Å². The van der Waals surface area contributed by atoms with E-state index >= 15 is 0 Å². The van der Waals surface area contributed by atoms with Gasteiger partial charge in [-0.1, -0.05) is 48.5 Å². The molecule has 1 fully saturated rings. The van der Waals surface area contributed by atoms with Crippen LogP contribution in [0, 0.1) is 0 Å². The molecule has 0 spiro atoms. The lowest BCUT2D eigenvalue weighted by atomic mass is 10.0. The standard InChI is InChI=1S/C21H26N2O3/c24-20-9-5-4-8-18(20)10-11-21(25)22-16-19(17-6-2-1-3-7-17)23-12-14-26-15-13-23/h1-9,19,24H,10-16H2,(H,22,25). The quantitative estimate of drug-likeness (QED) is 0.802. The summed E-state index contributed by atoms with van der Waals surface area (Å²) >= 11 is 0. The Morgan fingerprint density at radius 3 is 2.50 bits per heavy atom. The van der Waals surface area contributed by atoms with Gasteiger partial charge in [-0.2, -0.15) is 0 Å². The SMILES string of the molecule is O=C(CCc1ccccc1O)NCC(c1ccccc1)N1CCOCC1. The normalized spacial score (nSPS) is 16.2. The molecule has 1 heterocycles. The Bertz CT molecular complexity index is 699. The topological polar surface area (TPSA) is 61.8 Å². The Hall–Kier alpha value is -2.37. The number of carbonyl (C=O) groups excluding carboxylic acids is 1. The van der Waals surface area contributed by atoms with Crippen LogP contribution in [0.4, 0.5) is 0 Å². The molecule has 0 radical (unpaired) electrons. The first-order chi connectivity index (χ1) is 12.7. The summed E-state index contributed by atoms with van der Waals surface area (Å²) in [4.78, 5) is 14.7. The number of morpholine rings is 1. The smallest absolute Gasteiger partial charge is 0.220 e. The summed E-state index contributed by atoms with van der Waals surface area (Å²) < 4.78 is 5.46. The number of para-hydroxylation sites is 1. The van der Waals surface area contributed by atoms with Gasteiger partial charge in [-0.3, -0.25) is 9.69 Å². The molecule has 1 saturated heterocycles. The molecule has 2 aromatic rings. The molecule has 5 nitrogen and oxygen atoms in total. The summed E-state index contributed by atoms with van der Waals surface area (Å²) in [5.41, 5.74) is 2.01. The van der Waals surface area contributed by atoms with E-state index in [2.05, 4.69) is 22.3 Å². The highest BCUT2D eigenvalue weighted by Gasteiger charge is 2.23. The van der Waals surface area contributed by atoms with Crippen molar-refractivity contribution in [2.75, 3.05) is 32.8 Å². The maximum absolute atomic E-state index is 12.3. The summed E-state index contributed by atoms with van der Waals surface area (Å²) in [6.45, 7) is 3.76. The van der Waals surface area contributed by atoms with Gasteiger partial charge in [0, 0.05) is 26.1 Å². The number of rotatable bonds is 7. The van der Waals surface area contributed by atoms with E-state index in [1.165, 1.54) is 5.56 Å². The van der Waals surface area contributed by atoms with Crippen molar-refractivity contribution in [3.05, 3.63) is 65.7 Å². The minimum Gasteiger partial charge on any atom is -0.508 e. The Labute approximate surface area is 154 Å². The van der Waals surface area contributed by atoms with Crippen molar-refractivity contribution >= 4 is 5.91 Å². The molecule has 138 valence electrons. The molecule has 1 amide bonds. The highest BCUT2D eigenvalue weighted by atomic mass is 16.5. The zero-order valence-corrected chi connectivity index (χ0v) is 14.9. The second kappa shape index (κ2) is 9.36. The third kappa shape index (κ3) is 5.07. The van der Waals surface area contributed by atoms with Gasteiger partial charge in [-0.25, -0.2) is 0 Å². The van der Waals surface area contributed by atoms with Crippen LogP contribution in [0.5, 0.6) is 5.75 Å². The number of nitrogens with one attached hydrogen (secondary N) is 1. The Morgan fingerprint density at radius 2 is 1.77 bits per heavy atom. The number of carbonyl (C=O) groups is 1. The third-order valence-corrected chi connectivity index (χ3v) is 4.78. The fraction of sp³-hybridized carbons (Fsp3) is 0.381. The third-order valence-electron chi connectivity index (χ3n) is 4.78. The largest absolute Gasteiger partial charge is 0.508 e. The average molecular weight is 354 g/mol. The number of benzene rings is 2. The van der Waals surface area contributed by atoms with Gasteiger partial charge >= 0.3 is 0 Å². The number of hydrogen-bond acceptors (Lipinski definition) is 4. The van der Waals surface area contributed by atoms with E-state index in [1.807, 2.05) is 30.3 Å². The molecule has 0 aromatic heterocycles. The highest BCUT2D eigenvalue weighted by Crippen LogP contribution is 2.21.